The van der Waals surface area contributed by atoms with Gasteiger partial charge in [0, 0.05) is 0 Å². The van der Waals surface area contributed by atoms with Gasteiger partial charge in [0.05, 0.1) is 0 Å². The van der Waals surface area contributed by atoms with E-state index in [0.29, 0.717) is 6.61 Å². The molecule has 0 aliphatic heterocycles. The fraction of sp³-hybridized carbons (Fsp3) is 0.105. The predicted octanol–water partition coefficient (Wildman–Crippen LogP) is 4.14. The maximum absolute atomic E-state index is 11.0. The first-order valence-corrected chi connectivity index (χ1v) is 8.82. The summed E-state index contributed by atoms with van der Waals surface area (Å²) in [6.07, 6.45) is 0. The second kappa shape index (κ2) is 6.78. The Kier molecular flexibility index (Phi) is 4.57. The zero-order valence-corrected chi connectivity index (χ0v) is 14.0. The summed E-state index contributed by atoms with van der Waals surface area (Å²) in [7, 11) is 0. The standard InChI is InChI=1S/C19H16O2Se/c1-14(20)21-13-17-12-18(15-8-4-2-5-9-15)19(22-17)16-10-6-3-7-11-16/h2-12H,13H2,1H3. The molecule has 1 aromatic heterocycles. The van der Waals surface area contributed by atoms with E-state index in [1.165, 1.54) is 32.5 Å². The van der Waals surface area contributed by atoms with Crippen LogP contribution in [0.4, 0.5) is 0 Å². The Hall–Kier alpha value is -2.09. The van der Waals surface area contributed by atoms with Gasteiger partial charge < -0.3 is 0 Å². The zero-order valence-electron chi connectivity index (χ0n) is 12.3. The third kappa shape index (κ3) is 3.38. The van der Waals surface area contributed by atoms with Crippen molar-refractivity contribution in [2.75, 3.05) is 0 Å². The van der Waals surface area contributed by atoms with E-state index in [1.807, 2.05) is 12.1 Å². The van der Waals surface area contributed by atoms with E-state index in [2.05, 4.69) is 54.6 Å². The Morgan fingerprint density at radius 3 is 2.14 bits per heavy atom. The second-order valence-corrected chi connectivity index (χ2v) is 7.35. The van der Waals surface area contributed by atoms with Crippen molar-refractivity contribution < 1.29 is 9.53 Å². The van der Waals surface area contributed by atoms with Crippen molar-refractivity contribution in [2.45, 2.75) is 13.5 Å². The van der Waals surface area contributed by atoms with Crippen molar-refractivity contribution in [3.05, 3.63) is 71.2 Å². The van der Waals surface area contributed by atoms with Crippen molar-refractivity contribution in [2.24, 2.45) is 0 Å². The van der Waals surface area contributed by atoms with Gasteiger partial charge in [-0.15, -0.1) is 0 Å². The SMILES string of the molecule is CC(=O)OCc1cc(-c2ccccc2)c(-c2ccccc2)[se]1. The molecule has 0 bridgehead atoms. The Labute approximate surface area is 136 Å². The van der Waals surface area contributed by atoms with Gasteiger partial charge in [-0.3, -0.25) is 0 Å². The number of benzene rings is 2. The number of carbonyl (C=O) groups excluding carboxylic acids is 1. The maximum atomic E-state index is 11.0. The normalized spacial score (nSPS) is 10.4. The third-order valence-electron chi connectivity index (χ3n) is 3.32. The van der Waals surface area contributed by atoms with Gasteiger partial charge in [-0.1, -0.05) is 0 Å². The zero-order chi connectivity index (χ0) is 15.4. The van der Waals surface area contributed by atoms with Crippen LogP contribution in [-0.2, 0) is 16.1 Å². The molecule has 0 saturated heterocycles. The molecule has 0 aliphatic carbocycles. The molecule has 1 heterocycles. The van der Waals surface area contributed by atoms with Crippen LogP contribution >= 0.6 is 0 Å². The second-order valence-electron chi connectivity index (χ2n) is 4.97. The van der Waals surface area contributed by atoms with E-state index in [9.17, 15) is 4.79 Å². The molecule has 0 fully saturated rings. The van der Waals surface area contributed by atoms with Crippen molar-refractivity contribution in [3.63, 3.8) is 0 Å². The minimum absolute atomic E-state index is 0.183. The Morgan fingerprint density at radius 2 is 1.55 bits per heavy atom. The molecule has 0 radical (unpaired) electrons. The number of rotatable bonds is 4. The average molecular weight is 355 g/mol. The van der Waals surface area contributed by atoms with Crippen molar-refractivity contribution in [1.29, 1.82) is 0 Å². The number of ether oxygens (including phenoxy) is 1. The summed E-state index contributed by atoms with van der Waals surface area (Å²) in [6.45, 7) is 1.84. The van der Waals surface area contributed by atoms with Crippen LogP contribution in [0, 0.1) is 0 Å². The summed E-state index contributed by atoms with van der Waals surface area (Å²) < 4.78 is 7.72. The van der Waals surface area contributed by atoms with E-state index >= 15 is 0 Å². The molecule has 2 nitrogen and oxygen atoms in total. The Morgan fingerprint density at radius 1 is 0.955 bits per heavy atom. The summed E-state index contributed by atoms with van der Waals surface area (Å²) in [5.74, 6) is -0.230. The molecule has 0 atom stereocenters. The third-order valence-corrected chi connectivity index (χ3v) is 5.75. The summed E-state index contributed by atoms with van der Waals surface area (Å²) in [5.41, 5.74) is 3.70. The summed E-state index contributed by atoms with van der Waals surface area (Å²) in [4.78, 5) is 11.0. The molecule has 22 heavy (non-hydrogen) atoms. The van der Waals surface area contributed by atoms with Crippen LogP contribution in [0.5, 0.6) is 0 Å². The molecular weight excluding hydrogens is 339 g/mol. The van der Waals surface area contributed by atoms with Crippen LogP contribution in [-0.4, -0.2) is 20.5 Å². The van der Waals surface area contributed by atoms with Gasteiger partial charge in [0.15, 0.2) is 0 Å². The first-order valence-electron chi connectivity index (χ1n) is 7.11. The quantitative estimate of drug-likeness (QED) is 0.519. The van der Waals surface area contributed by atoms with E-state index in [1.54, 1.807) is 0 Å². The fourth-order valence-corrected chi connectivity index (χ4v) is 4.62. The molecule has 3 rings (SSSR count). The number of hydrogen-bond acceptors (Lipinski definition) is 2. The molecule has 0 aliphatic rings. The van der Waals surface area contributed by atoms with Gasteiger partial charge in [0.25, 0.3) is 0 Å². The number of carbonyl (C=O) groups is 1. The summed E-state index contributed by atoms with van der Waals surface area (Å²) in [6, 6.07) is 23.0. The van der Waals surface area contributed by atoms with Crippen molar-refractivity contribution >= 4 is 20.5 Å². The minimum atomic E-state index is -0.230. The van der Waals surface area contributed by atoms with E-state index in [-0.39, 0.29) is 20.5 Å². The van der Waals surface area contributed by atoms with Crippen LogP contribution in [0.2, 0.25) is 0 Å². The molecule has 0 amide bonds. The molecule has 0 N–H and O–H groups in total. The van der Waals surface area contributed by atoms with Crippen LogP contribution in [0.25, 0.3) is 21.1 Å². The van der Waals surface area contributed by atoms with Gasteiger partial charge in [-0.05, 0) is 0 Å². The molecule has 110 valence electrons. The molecule has 0 spiro atoms. The fourth-order valence-electron chi connectivity index (χ4n) is 2.32. The molecular formula is C19H16O2Se. The van der Waals surface area contributed by atoms with Crippen LogP contribution in [0.1, 0.15) is 11.4 Å². The van der Waals surface area contributed by atoms with Gasteiger partial charge in [-0.25, -0.2) is 0 Å². The first-order chi connectivity index (χ1) is 10.7. The van der Waals surface area contributed by atoms with Gasteiger partial charge >= 0.3 is 136 Å². The van der Waals surface area contributed by atoms with Gasteiger partial charge in [-0.2, -0.15) is 0 Å². The van der Waals surface area contributed by atoms with Crippen LogP contribution in [0.15, 0.2) is 66.7 Å². The monoisotopic (exact) mass is 356 g/mol. The Bertz CT molecular complexity index is 704. The molecule has 3 heteroatoms. The predicted molar refractivity (Wildman–Crippen MR) is 89.7 cm³/mol. The summed E-state index contributed by atoms with van der Waals surface area (Å²) >= 11 is 0.183. The van der Waals surface area contributed by atoms with E-state index in [4.69, 9.17) is 4.74 Å². The van der Waals surface area contributed by atoms with Crippen molar-refractivity contribution in [3.8, 4) is 21.1 Å². The van der Waals surface area contributed by atoms with Gasteiger partial charge in [0.2, 0.25) is 0 Å². The first kappa shape index (κ1) is 14.8. The van der Waals surface area contributed by atoms with E-state index < -0.39 is 0 Å². The number of esters is 1. The topological polar surface area (TPSA) is 26.3 Å². The van der Waals surface area contributed by atoms with E-state index in [0.717, 1.165) is 0 Å². The van der Waals surface area contributed by atoms with Gasteiger partial charge in [0.1, 0.15) is 0 Å². The van der Waals surface area contributed by atoms with Crippen LogP contribution < -0.4 is 0 Å². The van der Waals surface area contributed by atoms with Crippen LogP contribution in [0.3, 0.4) is 0 Å². The molecule has 0 saturated carbocycles. The summed E-state index contributed by atoms with van der Waals surface area (Å²) in [5, 5.41) is 0. The molecule has 2 aromatic carbocycles. The van der Waals surface area contributed by atoms with Crippen molar-refractivity contribution in [1.82, 2.24) is 0 Å². The Balaban J connectivity index is 2.04. The average Bonchev–Trinajstić information content (AvgIpc) is 2.99. The number of hydrogen-bond donors (Lipinski definition) is 0. The molecule has 0 unspecified atom stereocenters. The molecule has 3 aromatic rings.